The van der Waals surface area contributed by atoms with E-state index in [1.54, 1.807) is 24.3 Å². The molecule has 0 aromatic heterocycles. The van der Waals surface area contributed by atoms with E-state index >= 15 is 0 Å². The van der Waals surface area contributed by atoms with Gasteiger partial charge in [-0.2, -0.15) is 0 Å². The Balaban J connectivity index is 1.93. The molecule has 1 aliphatic rings. The Bertz CT molecular complexity index is 652. The fourth-order valence-corrected chi connectivity index (χ4v) is 2.55. The average molecular weight is 286 g/mol. The van der Waals surface area contributed by atoms with Crippen LogP contribution in [0.15, 0.2) is 54.6 Å². The standard InChI is InChI=1S/C16H12ClNO2/c17-12-8-6-11(7-9-12)15-14(19)10-18(16(15)20)13-4-2-1-3-5-13/h1-9,15H,10H2. The molecular weight excluding hydrogens is 274 g/mol. The average Bonchev–Trinajstić information content (AvgIpc) is 2.76. The molecule has 100 valence electrons. The lowest BCUT2D eigenvalue weighted by molar-refractivity contribution is -0.123. The van der Waals surface area contributed by atoms with E-state index in [1.807, 2.05) is 30.3 Å². The van der Waals surface area contributed by atoms with Crippen LogP contribution in [-0.4, -0.2) is 18.2 Å². The van der Waals surface area contributed by atoms with E-state index < -0.39 is 5.92 Å². The SMILES string of the molecule is O=C1CN(c2ccccc2)C(=O)C1c1ccc(Cl)cc1. The second kappa shape index (κ2) is 5.10. The van der Waals surface area contributed by atoms with Crippen LogP contribution in [0.4, 0.5) is 5.69 Å². The zero-order valence-electron chi connectivity index (χ0n) is 10.6. The first-order chi connectivity index (χ1) is 9.66. The van der Waals surface area contributed by atoms with Crippen molar-refractivity contribution in [2.45, 2.75) is 5.92 Å². The normalized spacial score (nSPS) is 18.6. The number of ketones is 1. The molecule has 1 atom stereocenters. The Labute approximate surface area is 121 Å². The summed E-state index contributed by atoms with van der Waals surface area (Å²) >= 11 is 5.84. The molecule has 1 fully saturated rings. The maximum Gasteiger partial charge on any atom is 0.242 e. The molecule has 1 saturated heterocycles. The Morgan fingerprint density at radius 2 is 1.60 bits per heavy atom. The van der Waals surface area contributed by atoms with Crippen LogP contribution in [0.3, 0.4) is 0 Å². The highest BCUT2D eigenvalue weighted by Gasteiger charge is 2.40. The number of rotatable bonds is 2. The number of Topliss-reactive ketones (excluding diaryl/α,β-unsaturated/α-hetero) is 1. The number of carbonyl (C=O) groups is 2. The van der Waals surface area contributed by atoms with Crippen molar-refractivity contribution < 1.29 is 9.59 Å². The van der Waals surface area contributed by atoms with Gasteiger partial charge >= 0.3 is 0 Å². The molecule has 1 amide bonds. The minimum absolute atomic E-state index is 0.0822. The van der Waals surface area contributed by atoms with Crippen LogP contribution in [0.1, 0.15) is 11.5 Å². The third-order valence-corrected chi connectivity index (χ3v) is 3.67. The summed E-state index contributed by atoms with van der Waals surface area (Å²) < 4.78 is 0. The predicted molar refractivity (Wildman–Crippen MR) is 78.0 cm³/mol. The van der Waals surface area contributed by atoms with Crippen LogP contribution in [-0.2, 0) is 9.59 Å². The predicted octanol–water partition coefficient (Wildman–Crippen LogP) is 3.04. The Morgan fingerprint density at radius 1 is 0.950 bits per heavy atom. The van der Waals surface area contributed by atoms with Crippen LogP contribution in [0.2, 0.25) is 5.02 Å². The molecule has 3 nitrogen and oxygen atoms in total. The molecular formula is C16H12ClNO2. The van der Waals surface area contributed by atoms with Gasteiger partial charge in [0, 0.05) is 10.7 Å². The van der Waals surface area contributed by atoms with Crippen molar-refractivity contribution in [3.05, 3.63) is 65.2 Å². The van der Waals surface area contributed by atoms with Crippen LogP contribution in [0, 0.1) is 0 Å². The van der Waals surface area contributed by atoms with Crippen LogP contribution >= 0.6 is 11.6 Å². The molecule has 1 aliphatic heterocycles. The molecule has 4 heteroatoms. The fourth-order valence-electron chi connectivity index (χ4n) is 2.43. The van der Waals surface area contributed by atoms with Crippen LogP contribution in [0.5, 0.6) is 0 Å². The summed E-state index contributed by atoms with van der Waals surface area (Å²) in [6.45, 7) is 0.121. The number of amides is 1. The molecule has 0 saturated carbocycles. The lowest BCUT2D eigenvalue weighted by atomic mass is 9.97. The number of halogens is 1. The molecule has 0 radical (unpaired) electrons. The number of hydrogen-bond acceptors (Lipinski definition) is 2. The van der Waals surface area contributed by atoms with Crippen LogP contribution < -0.4 is 4.90 Å². The quantitative estimate of drug-likeness (QED) is 0.795. The number of hydrogen-bond donors (Lipinski definition) is 0. The highest BCUT2D eigenvalue weighted by molar-refractivity contribution is 6.30. The molecule has 20 heavy (non-hydrogen) atoms. The van der Waals surface area contributed by atoms with Gasteiger partial charge < -0.3 is 4.90 Å². The second-order valence-corrected chi connectivity index (χ2v) is 5.15. The first kappa shape index (κ1) is 12.9. The zero-order valence-corrected chi connectivity index (χ0v) is 11.4. The summed E-state index contributed by atoms with van der Waals surface area (Å²) in [6, 6.07) is 16.1. The third-order valence-electron chi connectivity index (χ3n) is 3.42. The summed E-state index contributed by atoms with van der Waals surface area (Å²) in [4.78, 5) is 26.2. The minimum Gasteiger partial charge on any atom is -0.304 e. The molecule has 3 rings (SSSR count). The molecule has 1 heterocycles. The number of nitrogens with zero attached hydrogens (tertiary/aromatic N) is 1. The number of benzene rings is 2. The topological polar surface area (TPSA) is 37.4 Å². The summed E-state index contributed by atoms with van der Waals surface area (Å²) in [5.41, 5.74) is 1.45. The lowest BCUT2D eigenvalue weighted by Gasteiger charge is -2.15. The molecule has 0 N–H and O–H groups in total. The van der Waals surface area contributed by atoms with Gasteiger partial charge in [0.05, 0.1) is 6.54 Å². The Morgan fingerprint density at radius 3 is 2.25 bits per heavy atom. The Hall–Kier alpha value is -2.13. The summed E-state index contributed by atoms with van der Waals surface area (Å²) in [7, 11) is 0. The van der Waals surface area contributed by atoms with Gasteiger partial charge in [-0.1, -0.05) is 41.9 Å². The van der Waals surface area contributed by atoms with Crippen molar-refractivity contribution in [3.8, 4) is 0 Å². The smallest absolute Gasteiger partial charge is 0.242 e. The van der Waals surface area contributed by atoms with Gasteiger partial charge in [-0.15, -0.1) is 0 Å². The van der Waals surface area contributed by atoms with Crippen molar-refractivity contribution in [1.29, 1.82) is 0 Å². The van der Waals surface area contributed by atoms with Gasteiger partial charge in [0.1, 0.15) is 5.92 Å². The zero-order chi connectivity index (χ0) is 14.1. The molecule has 2 aromatic rings. The van der Waals surface area contributed by atoms with Crippen molar-refractivity contribution in [3.63, 3.8) is 0 Å². The monoisotopic (exact) mass is 285 g/mol. The summed E-state index contributed by atoms with van der Waals surface area (Å²) in [5, 5.41) is 0.589. The van der Waals surface area contributed by atoms with E-state index in [0.717, 1.165) is 5.69 Å². The van der Waals surface area contributed by atoms with E-state index in [4.69, 9.17) is 11.6 Å². The maximum absolute atomic E-state index is 12.5. The van der Waals surface area contributed by atoms with Gasteiger partial charge in [-0.25, -0.2) is 0 Å². The summed E-state index contributed by atoms with van der Waals surface area (Å²) in [5.74, 6) is -0.975. The van der Waals surface area contributed by atoms with Crippen molar-refractivity contribution in [2.75, 3.05) is 11.4 Å². The maximum atomic E-state index is 12.5. The fraction of sp³-hybridized carbons (Fsp3) is 0.125. The molecule has 0 bridgehead atoms. The number of para-hydroxylation sites is 1. The highest BCUT2D eigenvalue weighted by Crippen LogP contribution is 2.30. The van der Waals surface area contributed by atoms with E-state index in [0.29, 0.717) is 10.6 Å². The van der Waals surface area contributed by atoms with E-state index in [2.05, 4.69) is 0 Å². The molecule has 0 spiro atoms. The minimum atomic E-state index is -0.715. The summed E-state index contributed by atoms with van der Waals surface area (Å²) in [6.07, 6.45) is 0. The van der Waals surface area contributed by atoms with Gasteiger partial charge in [-0.05, 0) is 29.8 Å². The highest BCUT2D eigenvalue weighted by atomic mass is 35.5. The largest absolute Gasteiger partial charge is 0.304 e. The van der Waals surface area contributed by atoms with Gasteiger partial charge in [0.25, 0.3) is 0 Å². The first-order valence-electron chi connectivity index (χ1n) is 6.31. The van der Waals surface area contributed by atoms with E-state index in [9.17, 15) is 9.59 Å². The van der Waals surface area contributed by atoms with Crippen molar-refractivity contribution >= 4 is 29.0 Å². The van der Waals surface area contributed by atoms with Crippen LogP contribution in [0.25, 0.3) is 0 Å². The molecule has 0 aliphatic carbocycles. The van der Waals surface area contributed by atoms with Gasteiger partial charge in [-0.3, -0.25) is 9.59 Å². The molecule has 2 aromatic carbocycles. The third kappa shape index (κ3) is 2.21. The number of carbonyl (C=O) groups excluding carboxylic acids is 2. The van der Waals surface area contributed by atoms with Gasteiger partial charge in [0.15, 0.2) is 5.78 Å². The van der Waals surface area contributed by atoms with Crippen molar-refractivity contribution in [1.82, 2.24) is 0 Å². The first-order valence-corrected chi connectivity index (χ1v) is 6.69. The van der Waals surface area contributed by atoms with E-state index in [-0.39, 0.29) is 18.2 Å². The van der Waals surface area contributed by atoms with Crippen molar-refractivity contribution in [2.24, 2.45) is 0 Å². The van der Waals surface area contributed by atoms with E-state index in [1.165, 1.54) is 4.90 Å². The second-order valence-electron chi connectivity index (χ2n) is 4.71. The number of anilines is 1. The lowest BCUT2D eigenvalue weighted by Crippen LogP contribution is -2.26. The van der Waals surface area contributed by atoms with Gasteiger partial charge in [0.2, 0.25) is 5.91 Å². The molecule has 1 unspecified atom stereocenters. The Kier molecular flexibility index (Phi) is 3.28.